The first-order valence-corrected chi connectivity index (χ1v) is 19.3. The third-order valence-corrected chi connectivity index (χ3v) is 8.66. The van der Waals surface area contributed by atoms with Crippen molar-refractivity contribution in [3.05, 3.63) is 0 Å². The Hall–Kier alpha value is -6.40. The summed E-state index contributed by atoms with van der Waals surface area (Å²) in [6.07, 6.45) is 0. The van der Waals surface area contributed by atoms with Gasteiger partial charge in [-0.15, -0.1) is 0 Å². The zero-order chi connectivity index (χ0) is 47.6. The van der Waals surface area contributed by atoms with Gasteiger partial charge in [0, 0.05) is 0 Å². The van der Waals surface area contributed by atoms with Crippen molar-refractivity contribution in [2.75, 3.05) is 0 Å². The van der Waals surface area contributed by atoms with Crippen LogP contribution in [-0.2, 0) is 57.5 Å². The highest BCUT2D eigenvalue weighted by Gasteiger charge is 2.30. The molecule has 25 nitrogen and oxygen atoms in total. The zero-order valence-electron chi connectivity index (χ0n) is 36.4. The van der Waals surface area contributed by atoms with E-state index in [0.29, 0.717) is 0 Å². The lowest BCUT2D eigenvalue weighted by atomic mass is 10.2. The van der Waals surface area contributed by atoms with Crippen molar-refractivity contribution in [1.82, 2.24) is 58.5 Å². The van der Waals surface area contributed by atoms with E-state index in [9.17, 15) is 57.5 Å². The van der Waals surface area contributed by atoms with Crippen molar-refractivity contribution in [2.45, 2.75) is 156 Å². The maximum absolute atomic E-state index is 12.8. The zero-order valence-corrected chi connectivity index (χ0v) is 36.4. The highest BCUT2D eigenvalue weighted by Crippen LogP contribution is 1.97. The molecule has 344 valence electrons. The van der Waals surface area contributed by atoms with Gasteiger partial charge in [0.15, 0.2) is 0 Å². The maximum Gasteiger partial charge on any atom is 0.325 e. The second kappa shape index (κ2) is 25.3. The van der Waals surface area contributed by atoms with Crippen LogP contribution in [0.4, 0.5) is 0 Å². The molecule has 0 aliphatic heterocycles. The minimum Gasteiger partial charge on any atom is -0.480 e. The number of amides is 11. The number of hydrogen-bond acceptors (Lipinski definition) is 13. The van der Waals surface area contributed by atoms with Gasteiger partial charge in [0.1, 0.15) is 66.5 Å². The largest absolute Gasteiger partial charge is 0.480 e. The van der Waals surface area contributed by atoms with E-state index in [0.717, 1.165) is 0 Å². The van der Waals surface area contributed by atoms with Crippen LogP contribution in [-0.4, -0.2) is 149 Å². The molecule has 14 N–H and O–H groups in total. The SMILES string of the molecule is C[C@H](N)C(=O)N[C@@H](C)C(=O)N[C@@H](C)C(=O)N[C@@H](C)C(=O)N[C@@H](C)C(=O)N[C@@H](C)C(=O)N[C@@H](C)C(=O)N[C@@H](C)C(=O)N[C@@H](C)C(=O)N[C@@H](C)C(=O)N[C@@H](C)C(=O)N[C@@H](C)C(=O)O. The van der Waals surface area contributed by atoms with Gasteiger partial charge in [0.25, 0.3) is 0 Å². The molecular weight excluding hydrogens is 808 g/mol. The predicted octanol–water partition coefficient (Wildman–Crippen LogP) is -6.03. The summed E-state index contributed by atoms with van der Waals surface area (Å²) in [7, 11) is 0. The van der Waals surface area contributed by atoms with Crippen LogP contribution in [0.15, 0.2) is 0 Å². The molecule has 0 spiro atoms. The molecule has 0 aromatic rings. The van der Waals surface area contributed by atoms with Gasteiger partial charge in [0.2, 0.25) is 65.0 Å². The Bertz CT molecular complexity index is 1680. The summed E-state index contributed by atoms with van der Waals surface area (Å²) < 4.78 is 0. The molecule has 0 aromatic heterocycles. The van der Waals surface area contributed by atoms with Crippen molar-refractivity contribution in [3.63, 3.8) is 0 Å². The molecule has 12 atom stereocenters. The van der Waals surface area contributed by atoms with E-state index in [1.54, 1.807) is 0 Å². The monoisotopic (exact) mass is 870 g/mol. The maximum atomic E-state index is 12.8. The van der Waals surface area contributed by atoms with Crippen molar-refractivity contribution in [3.8, 4) is 0 Å². The normalized spacial score (nSPS) is 16.7. The van der Waals surface area contributed by atoms with E-state index in [1.165, 1.54) is 83.1 Å². The van der Waals surface area contributed by atoms with E-state index in [-0.39, 0.29) is 0 Å². The number of carbonyl (C=O) groups is 12. The number of carboxylic acids is 1. The summed E-state index contributed by atoms with van der Waals surface area (Å²) in [4.78, 5) is 149. The molecule has 25 heteroatoms. The number of rotatable bonds is 23. The van der Waals surface area contributed by atoms with Crippen LogP contribution in [0.5, 0.6) is 0 Å². The van der Waals surface area contributed by atoms with Gasteiger partial charge in [-0.05, 0) is 83.1 Å². The lowest BCUT2D eigenvalue weighted by molar-refractivity contribution is -0.141. The second-order valence-corrected chi connectivity index (χ2v) is 14.7. The molecule has 61 heavy (non-hydrogen) atoms. The molecular formula is C36H62N12O13. The van der Waals surface area contributed by atoms with E-state index >= 15 is 0 Å². The fourth-order valence-electron chi connectivity index (χ4n) is 4.45. The summed E-state index contributed by atoms with van der Waals surface area (Å²) in [6, 6.07) is -13.7. The molecule has 0 radical (unpaired) electrons. The number of nitrogens with two attached hydrogens (primary N) is 1. The van der Waals surface area contributed by atoms with Crippen LogP contribution < -0.4 is 64.2 Å². The van der Waals surface area contributed by atoms with Crippen molar-refractivity contribution < 1.29 is 62.6 Å². The molecule has 0 fully saturated rings. The van der Waals surface area contributed by atoms with Crippen molar-refractivity contribution in [1.29, 1.82) is 0 Å². The minimum absolute atomic E-state index is 0.572. The number of aliphatic carboxylic acids is 1. The Labute approximate surface area is 353 Å². The average molecular weight is 871 g/mol. The average Bonchev–Trinajstić information content (AvgIpc) is 3.16. The molecule has 0 aromatic carbocycles. The third kappa shape index (κ3) is 19.5. The van der Waals surface area contributed by atoms with E-state index in [1.807, 2.05) is 0 Å². The van der Waals surface area contributed by atoms with Gasteiger partial charge in [0.05, 0.1) is 6.04 Å². The van der Waals surface area contributed by atoms with Crippen LogP contribution in [0.25, 0.3) is 0 Å². The van der Waals surface area contributed by atoms with Gasteiger partial charge < -0.3 is 69.3 Å². The van der Waals surface area contributed by atoms with Gasteiger partial charge >= 0.3 is 5.97 Å². The highest BCUT2D eigenvalue weighted by atomic mass is 16.4. The van der Waals surface area contributed by atoms with Gasteiger partial charge in [-0.3, -0.25) is 57.5 Å². The Morgan fingerprint density at radius 2 is 0.377 bits per heavy atom. The molecule has 0 bridgehead atoms. The summed E-state index contributed by atoms with van der Waals surface area (Å²) in [5.41, 5.74) is 5.46. The van der Waals surface area contributed by atoms with Crippen molar-refractivity contribution in [2.24, 2.45) is 5.73 Å². The number of carbonyl (C=O) groups excluding carboxylic acids is 11. The minimum atomic E-state index is -1.28. The van der Waals surface area contributed by atoms with Gasteiger partial charge in [-0.25, -0.2) is 0 Å². The third-order valence-electron chi connectivity index (χ3n) is 8.66. The predicted molar refractivity (Wildman–Crippen MR) is 215 cm³/mol. The highest BCUT2D eigenvalue weighted by molar-refractivity contribution is 5.98. The molecule has 0 aliphatic carbocycles. The molecule has 11 amide bonds. The first-order valence-electron chi connectivity index (χ1n) is 19.3. The topological polar surface area (TPSA) is 383 Å². The summed E-state index contributed by atoms with van der Waals surface area (Å²) in [6.45, 7) is 15.9. The molecule has 0 heterocycles. The van der Waals surface area contributed by atoms with Gasteiger partial charge in [-0.2, -0.15) is 0 Å². The number of hydrogen-bond donors (Lipinski definition) is 13. The Morgan fingerprint density at radius 3 is 0.492 bits per heavy atom. The fourth-order valence-corrected chi connectivity index (χ4v) is 4.45. The summed E-state index contributed by atoms with van der Waals surface area (Å²) in [5.74, 6) is -9.57. The van der Waals surface area contributed by atoms with Crippen LogP contribution in [0.2, 0.25) is 0 Å². The quantitative estimate of drug-likeness (QED) is 0.0455. The molecule has 0 rings (SSSR count). The van der Waals surface area contributed by atoms with Crippen molar-refractivity contribution >= 4 is 70.9 Å². The van der Waals surface area contributed by atoms with E-state index < -0.39 is 143 Å². The first-order chi connectivity index (χ1) is 28.0. The smallest absolute Gasteiger partial charge is 0.325 e. The lowest BCUT2D eigenvalue weighted by Gasteiger charge is -2.23. The molecule has 0 saturated heterocycles. The van der Waals surface area contributed by atoms with Crippen LogP contribution in [0.3, 0.4) is 0 Å². The lowest BCUT2D eigenvalue weighted by Crippen LogP contribution is -2.58. The van der Waals surface area contributed by atoms with Crippen LogP contribution in [0.1, 0.15) is 83.1 Å². The first kappa shape index (κ1) is 54.6. The van der Waals surface area contributed by atoms with Crippen LogP contribution >= 0.6 is 0 Å². The molecule has 0 aliphatic rings. The summed E-state index contributed by atoms with van der Waals surface area (Å²) in [5, 5.41) is 34.9. The van der Waals surface area contributed by atoms with Crippen LogP contribution in [0, 0.1) is 0 Å². The van der Waals surface area contributed by atoms with E-state index in [2.05, 4.69) is 58.5 Å². The Balaban J connectivity index is 4.91. The van der Waals surface area contributed by atoms with Gasteiger partial charge in [-0.1, -0.05) is 0 Å². The fraction of sp³-hybridized carbons (Fsp3) is 0.667. The Kier molecular flexibility index (Phi) is 22.6. The van der Waals surface area contributed by atoms with E-state index in [4.69, 9.17) is 10.8 Å². The Morgan fingerprint density at radius 1 is 0.262 bits per heavy atom. The molecule has 0 saturated carbocycles. The second-order valence-electron chi connectivity index (χ2n) is 14.7. The number of nitrogens with one attached hydrogen (secondary N) is 11. The number of carboxylic acid groups (broad SMARTS) is 1. The summed E-state index contributed by atoms with van der Waals surface area (Å²) >= 11 is 0. The molecule has 0 unspecified atom stereocenters. The standard InChI is InChI=1S/C36H62N12O13/c1-13(37)25(49)38-14(2)26(50)39-15(3)27(51)40-16(4)28(52)41-17(5)29(53)42-18(6)30(54)43-19(7)31(55)44-20(8)32(56)45-21(9)33(57)46-22(10)34(58)47-23(11)35(59)48-24(12)36(60)61/h13-24H,37H2,1-12H3,(H,38,49)(H,39,50)(H,40,51)(H,41,52)(H,42,53)(H,43,54)(H,44,55)(H,45,56)(H,46,57)(H,47,58)(H,48,59)(H,60,61)/t13-,14-,15-,16-,17-,18-,19-,20-,21-,22-,23-,24-/m0/s1.